The normalized spacial score (nSPS) is 11.5. The maximum Gasteiger partial charge on any atom is 0.418 e. The average Bonchev–Trinajstić information content (AvgIpc) is 3.36. The van der Waals surface area contributed by atoms with E-state index in [0.29, 0.717) is 34.7 Å². The number of nitrogens with zero attached hydrogens (tertiary/aromatic N) is 3. The van der Waals surface area contributed by atoms with E-state index in [9.17, 15) is 23.3 Å². The molecule has 0 atom stereocenters. The smallest absolute Gasteiger partial charge is 0.418 e. The molecular weight excluding hydrogens is 543 g/mol. The SMILES string of the molecule is O=[N+]([O-])c1ccc(-c2ccc(Oc3ccc(-c4c5cccc(C(F)(F)F)c5nn4Cc4ccccc4)cc3)cc2)cc1. The lowest BCUT2D eigenvalue weighted by molar-refractivity contribution is -0.384. The van der Waals surface area contributed by atoms with Crippen molar-refractivity contribution in [1.29, 1.82) is 0 Å². The van der Waals surface area contributed by atoms with E-state index in [4.69, 9.17) is 4.74 Å². The van der Waals surface area contributed by atoms with Crippen LogP contribution in [0.15, 0.2) is 121 Å². The van der Waals surface area contributed by atoms with Crippen LogP contribution >= 0.6 is 0 Å². The Morgan fingerprint density at radius 2 is 1.29 bits per heavy atom. The second kappa shape index (κ2) is 10.9. The third kappa shape index (κ3) is 5.44. The van der Waals surface area contributed by atoms with Gasteiger partial charge in [-0.1, -0.05) is 54.6 Å². The number of ether oxygens (including phenoxy) is 1. The number of aromatic nitrogens is 2. The fourth-order valence-electron chi connectivity index (χ4n) is 4.86. The fraction of sp³-hybridized carbons (Fsp3) is 0.0606. The van der Waals surface area contributed by atoms with Gasteiger partial charge in [0.25, 0.3) is 5.69 Å². The molecule has 1 aromatic heterocycles. The summed E-state index contributed by atoms with van der Waals surface area (Å²) in [4.78, 5) is 10.5. The van der Waals surface area contributed by atoms with Crippen LogP contribution in [0.4, 0.5) is 18.9 Å². The second-order valence-corrected chi connectivity index (χ2v) is 9.65. The summed E-state index contributed by atoms with van der Waals surface area (Å²) < 4.78 is 49.1. The summed E-state index contributed by atoms with van der Waals surface area (Å²) >= 11 is 0. The van der Waals surface area contributed by atoms with Crippen LogP contribution in [-0.4, -0.2) is 14.7 Å². The van der Waals surface area contributed by atoms with Gasteiger partial charge in [0.1, 0.15) is 17.0 Å². The predicted octanol–water partition coefficient (Wildman–Crippen LogP) is 9.14. The standard InChI is InChI=1S/C33H22F3N3O3/c34-33(35,36)30-8-4-7-29-31(30)37-38(21-22-5-2-1-3-6-22)32(29)25-13-19-28(20-14-25)42-27-17-11-24(12-18-27)23-9-15-26(16-10-23)39(40)41/h1-20H,21H2. The van der Waals surface area contributed by atoms with Crippen molar-refractivity contribution in [2.75, 3.05) is 0 Å². The Bertz CT molecular complexity index is 1870. The van der Waals surface area contributed by atoms with Crippen molar-refractivity contribution in [2.24, 2.45) is 0 Å². The highest BCUT2D eigenvalue weighted by Gasteiger charge is 2.34. The van der Waals surface area contributed by atoms with Gasteiger partial charge in [-0.15, -0.1) is 0 Å². The summed E-state index contributed by atoms with van der Waals surface area (Å²) in [5.74, 6) is 1.14. The van der Waals surface area contributed by atoms with Gasteiger partial charge in [-0.2, -0.15) is 18.3 Å². The zero-order chi connectivity index (χ0) is 29.3. The van der Waals surface area contributed by atoms with Crippen LogP contribution in [0.25, 0.3) is 33.3 Å². The third-order valence-electron chi connectivity index (χ3n) is 6.88. The molecule has 42 heavy (non-hydrogen) atoms. The molecular formula is C33H22F3N3O3. The molecule has 0 aliphatic carbocycles. The molecule has 0 saturated heterocycles. The van der Waals surface area contributed by atoms with Gasteiger partial charge in [-0.25, -0.2) is 0 Å². The number of nitro benzene ring substituents is 1. The molecule has 0 aliphatic heterocycles. The summed E-state index contributed by atoms with van der Waals surface area (Å²) in [5.41, 5.74) is 3.08. The second-order valence-electron chi connectivity index (χ2n) is 9.65. The van der Waals surface area contributed by atoms with E-state index in [1.807, 2.05) is 42.5 Å². The van der Waals surface area contributed by atoms with Crippen molar-refractivity contribution in [3.8, 4) is 33.9 Å². The first-order chi connectivity index (χ1) is 20.3. The maximum atomic E-state index is 13.8. The molecule has 0 amide bonds. The van der Waals surface area contributed by atoms with Gasteiger partial charge >= 0.3 is 6.18 Å². The van der Waals surface area contributed by atoms with Crippen molar-refractivity contribution < 1.29 is 22.8 Å². The highest BCUT2D eigenvalue weighted by Crippen LogP contribution is 2.39. The number of non-ortho nitro benzene ring substituents is 1. The molecule has 208 valence electrons. The Hall–Kier alpha value is -5.44. The Morgan fingerprint density at radius 3 is 1.86 bits per heavy atom. The van der Waals surface area contributed by atoms with Crippen LogP contribution in [0.5, 0.6) is 11.5 Å². The molecule has 6 aromatic rings. The van der Waals surface area contributed by atoms with Crippen LogP contribution in [0.1, 0.15) is 11.1 Å². The number of fused-ring (bicyclic) bond motifs is 1. The zero-order valence-electron chi connectivity index (χ0n) is 22.0. The number of alkyl halides is 3. The van der Waals surface area contributed by atoms with E-state index in [1.54, 1.807) is 59.3 Å². The molecule has 0 spiro atoms. The Balaban J connectivity index is 1.28. The summed E-state index contributed by atoms with van der Waals surface area (Å²) in [6.45, 7) is 0.307. The third-order valence-corrected chi connectivity index (χ3v) is 6.88. The van der Waals surface area contributed by atoms with E-state index in [0.717, 1.165) is 22.8 Å². The molecule has 0 radical (unpaired) electrons. The first kappa shape index (κ1) is 26.8. The van der Waals surface area contributed by atoms with Gasteiger partial charge in [0.2, 0.25) is 0 Å². The lowest BCUT2D eigenvalue weighted by Crippen LogP contribution is -2.06. The first-order valence-electron chi connectivity index (χ1n) is 13.0. The van der Waals surface area contributed by atoms with E-state index >= 15 is 0 Å². The number of benzene rings is 5. The van der Waals surface area contributed by atoms with Gasteiger partial charge in [-0.3, -0.25) is 14.8 Å². The van der Waals surface area contributed by atoms with Crippen LogP contribution in [-0.2, 0) is 12.7 Å². The fourth-order valence-corrected chi connectivity index (χ4v) is 4.86. The summed E-state index contributed by atoms with van der Waals surface area (Å²) in [5, 5.41) is 15.7. The Morgan fingerprint density at radius 1 is 0.714 bits per heavy atom. The number of halogens is 3. The summed E-state index contributed by atoms with van der Waals surface area (Å²) in [7, 11) is 0. The van der Waals surface area contributed by atoms with E-state index in [-0.39, 0.29) is 11.2 Å². The Kier molecular flexibility index (Phi) is 6.92. The molecule has 0 N–H and O–H groups in total. The largest absolute Gasteiger partial charge is 0.457 e. The molecule has 0 aliphatic rings. The maximum absolute atomic E-state index is 13.8. The molecule has 6 rings (SSSR count). The van der Waals surface area contributed by atoms with Crippen LogP contribution in [0.2, 0.25) is 0 Å². The first-order valence-corrected chi connectivity index (χ1v) is 13.0. The van der Waals surface area contributed by atoms with Crippen molar-refractivity contribution in [3.63, 3.8) is 0 Å². The van der Waals surface area contributed by atoms with Crippen molar-refractivity contribution in [3.05, 3.63) is 143 Å². The summed E-state index contributed by atoms with van der Waals surface area (Å²) in [6.07, 6.45) is -4.53. The van der Waals surface area contributed by atoms with Gasteiger partial charge in [-0.05, 0) is 71.3 Å². The number of rotatable bonds is 7. The minimum Gasteiger partial charge on any atom is -0.457 e. The molecule has 9 heteroatoms. The van der Waals surface area contributed by atoms with Gasteiger partial charge in [0.15, 0.2) is 0 Å². The van der Waals surface area contributed by atoms with E-state index in [1.165, 1.54) is 18.2 Å². The van der Waals surface area contributed by atoms with Gasteiger partial charge < -0.3 is 4.74 Å². The number of nitro groups is 1. The van der Waals surface area contributed by atoms with Gasteiger partial charge in [0, 0.05) is 23.1 Å². The van der Waals surface area contributed by atoms with Crippen LogP contribution in [0, 0.1) is 10.1 Å². The quantitative estimate of drug-likeness (QED) is 0.143. The number of hydrogen-bond acceptors (Lipinski definition) is 4. The van der Waals surface area contributed by atoms with Crippen LogP contribution < -0.4 is 4.74 Å². The average molecular weight is 566 g/mol. The predicted molar refractivity (Wildman–Crippen MR) is 154 cm³/mol. The molecule has 0 unspecified atom stereocenters. The molecule has 5 aromatic carbocycles. The molecule has 1 heterocycles. The molecule has 0 fully saturated rings. The Labute approximate surface area is 238 Å². The van der Waals surface area contributed by atoms with Crippen molar-refractivity contribution in [1.82, 2.24) is 9.78 Å². The van der Waals surface area contributed by atoms with E-state index < -0.39 is 16.7 Å². The van der Waals surface area contributed by atoms with Crippen molar-refractivity contribution >= 4 is 16.6 Å². The van der Waals surface area contributed by atoms with Gasteiger partial charge in [0.05, 0.1) is 22.7 Å². The van der Waals surface area contributed by atoms with Crippen molar-refractivity contribution in [2.45, 2.75) is 12.7 Å². The van der Waals surface area contributed by atoms with Crippen LogP contribution in [0.3, 0.4) is 0 Å². The molecule has 0 bridgehead atoms. The minimum atomic E-state index is -4.53. The zero-order valence-corrected chi connectivity index (χ0v) is 22.0. The lowest BCUT2D eigenvalue weighted by atomic mass is 10.0. The lowest BCUT2D eigenvalue weighted by Gasteiger charge is -2.11. The number of hydrogen-bond donors (Lipinski definition) is 0. The monoisotopic (exact) mass is 565 g/mol. The molecule has 6 nitrogen and oxygen atoms in total. The summed E-state index contributed by atoms with van der Waals surface area (Å²) in [6, 6.07) is 34.3. The topological polar surface area (TPSA) is 70.2 Å². The highest BCUT2D eigenvalue weighted by molar-refractivity contribution is 5.95. The molecule has 0 saturated carbocycles. The van der Waals surface area contributed by atoms with E-state index in [2.05, 4.69) is 5.10 Å². The minimum absolute atomic E-state index is 0.0269. The highest BCUT2D eigenvalue weighted by atomic mass is 19.4.